The maximum Gasteiger partial charge on any atom is 0.253 e. The third-order valence-corrected chi connectivity index (χ3v) is 4.43. The summed E-state index contributed by atoms with van der Waals surface area (Å²) in [5.41, 5.74) is 0.712. The summed E-state index contributed by atoms with van der Waals surface area (Å²) in [4.78, 5) is 16.3. The molecule has 1 aromatic rings. The molecule has 0 N–H and O–H groups in total. The zero-order valence-electron chi connectivity index (χ0n) is 12.0. The lowest BCUT2D eigenvalue weighted by Gasteiger charge is -2.34. The van der Waals surface area contributed by atoms with Gasteiger partial charge in [0.2, 0.25) is 0 Å². The summed E-state index contributed by atoms with van der Waals surface area (Å²) in [5, 5.41) is 0. The molecule has 0 spiro atoms. The molecule has 1 aliphatic heterocycles. The maximum absolute atomic E-state index is 12.8. The second-order valence-corrected chi connectivity index (χ2v) is 5.95. The molecule has 2 fully saturated rings. The molecular formula is C16H20F2N2O. The van der Waals surface area contributed by atoms with Gasteiger partial charge in [0.05, 0.1) is 0 Å². The Hall–Kier alpha value is -1.49. The Bertz CT molecular complexity index is 498. The highest BCUT2D eigenvalue weighted by atomic mass is 19.3. The Labute approximate surface area is 123 Å². The summed E-state index contributed by atoms with van der Waals surface area (Å²) in [6.07, 6.45) is 0.624. The minimum atomic E-state index is -2.41. The fourth-order valence-electron chi connectivity index (χ4n) is 2.86. The summed E-state index contributed by atoms with van der Waals surface area (Å²) in [6, 6.07) is 9.26. The lowest BCUT2D eigenvalue weighted by molar-refractivity contribution is 0.0619. The number of carbonyl (C=O) groups is 1. The zero-order chi connectivity index (χ0) is 14.9. The van der Waals surface area contributed by atoms with Crippen LogP contribution in [0.3, 0.4) is 0 Å². The van der Waals surface area contributed by atoms with Crippen LogP contribution in [-0.2, 0) is 0 Å². The smallest absolute Gasteiger partial charge is 0.253 e. The number of nitrogens with zero attached hydrogens (tertiary/aromatic N) is 2. The summed E-state index contributed by atoms with van der Waals surface area (Å²) in [6.45, 7) is 3.62. The van der Waals surface area contributed by atoms with Gasteiger partial charge < -0.3 is 4.90 Å². The van der Waals surface area contributed by atoms with Crippen molar-refractivity contribution in [1.82, 2.24) is 9.80 Å². The first-order valence-electron chi connectivity index (χ1n) is 7.51. The Morgan fingerprint density at radius 1 is 1.14 bits per heavy atom. The van der Waals surface area contributed by atoms with E-state index < -0.39 is 11.8 Å². The Balaban J connectivity index is 1.44. The van der Waals surface area contributed by atoms with E-state index >= 15 is 0 Å². The van der Waals surface area contributed by atoms with Gasteiger partial charge >= 0.3 is 0 Å². The van der Waals surface area contributed by atoms with Crippen molar-refractivity contribution in [2.75, 3.05) is 32.7 Å². The first-order valence-corrected chi connectivity index (χ1v) is 7.51. The zero-order valence-corrected chi connectivity index (χ0v) is 12.0. The van der Waals surface area contributed by atoms with E-state index in [9.17, 15) is 13.6 Å². The highest BCUT2D eigenvalue weighted by Gasteiger charge is 2.56. The SMILES string of the molecule is O=C(c1ccccc1)N1CCN(CC[C@@H]2CC2(F)F)CC1. The molecule has 3 nitrogen and oxygen atoms in total. The van der Waals surface area contributed by atoms with E-state index in [1.54, 1.807) is 0 Å². The summed E-state index contributed by atoms with van der Waals surface area (Å²) >= 11 is 0. The van der Waals surface area contributed by atoms with Crippen molar-refractivity contribution in [2.45, 2.75) is 18.8 Å². The third kappa shape index (κ3) is 3.40. The quantitative estimate of drug-likeness (QED) is 0.852. The molecular weight excluding hydrogens is 274 g/mol. The van der Waals surface area contributed by atoms with E-state index in [1.807, 2.05) is 35.2 Å². The van der Waals surface area contributed by atoms with Crippen molar-refractivity contribution >= 4 is 5.91 Å². The van der Waals surface area contributed by atoms with Gasteiger partial charge in [-0.15, -0.1) is 0 Å². The summed E-state index contributed by atoms with van der Waals surface area (Å²) in [7, 11) is 0. The Morgan fingerprint density at radius 3 is 2.33 bits per heavy atom. The molecule has 2 aliphatic rings. The number of piperazine rings is 1. The van der Waals surface area contributed by atoms with E-state index in [2.05, 4.69) is 4.90 Å². The van der Waals surface area contributed by atoms with Crippen molar-refractivity contribution < 1.29 is 13.6 Å². The van der Waals surface area contributed by atoms with Crippen LogP contribution in [0, 0.1) is 5.92 Å². The Kier molecular flexibility index (Phi) is 3.93. The fraction of sp³-hybridized carbons (Fsp3) is 0.562. The van der Waals surface area contributed by atoms with Crippen molar-refractivity contribution in [2.24, 2.45) is 5.92 Å². The van der Waals surface area contributed by atoms with Gasteiger partial charge in [-0.3, -0.25) is 9.69 Å². The number of alkyl halides is 2. The molecule has 21 heavy (non-hydrogen) atoms. The third-order valence-electron chi connectivity index (χ3n) is 4.43. The largest absolute Gasteiger partial charge is 0.336 e. The second-order valence-electron chi connectivity index (χ2n) is 5.95. The van der Waals surface area contributed by atoms with Crippen LogP contribution in [0.5, 0.6) is 0 Å². The highest BCUT2D eigenvalue weighted by molar-refractivity contribution is 5.94. The lowest BCUT2D eigenvalue weighted by atomic mass is 10.1. The van der Waals surface area contributed by atoms with Gasteiger partial charge in [-0.1, -0.05) is 18.2 Å². The van der Waals surface area contributed by atoms with Crippen molar-refractivity contribution in [3.63, 3.8) is 0 Å². The number of amides is 1. The van der Waals surface area contributed by atoms with Crippen LogP contribution in [0.25, 0.3) is 0 Å². The number of benzene rings is 1. The van der Waals surface area contributed by atoms with Crippen LogP contribution in [0.2, 0.25) is 0 Å². The van der Waals surface area contributed by atoms with Gasteiger partial charge in [0.15, 0.2) is 0 Å². The molecule has 1 saturated carbocycles. The van der Waals surface area contributed by atoms with E-state index in [4.69, 9.17) is 0 Å². The first-order chi connectivity index (χ1) is 10.1. The number of hydrogen-bond donors (Lipinski definition) is 0. The van der Waals surface area contributed by atoms with Crippen molar-refractivity contribution in [1.29, 1.82) is 0 Å². The van der Waals surface area contributed by atoms with Crippen molar-refractivity contribution in [3.05, 3.63) is 35.9 Å². The molecule has 0 bridgehead atoms. The molecule has 114 valence electrons. The molecule has 3 rings (SSSR count). The fourth-order valence-corrected chi connectivity index (χ4v) is 2.86. The number of carbonyl (C=O) groups excluding carboxylic acids is 1. The maximum atomic E-state index is 12.8. The molecule has 0 unspecified atom stereocenters. The van der Waals surface area contributed by atoms with Gasteiger partial charge in [0.1, 0.15) is 0 Å². The average Bonchev–Trinajstić information content (AvgIpc) is 3.13. The molecule has 0 radical (unpaired) electrons. The van der Waals surface area contributed by atoms with E-state index in [0.717, 1.165) is 13.1 Å². The highest BCUT2D eigenvalue weighted by Crippen LogP contribution is 2.50. The normalized spacial score (nSPS) is 24.9. The molecule has 1 heterocycles. The minimum Gasteiger partial charge on any atom is -0.336 e. The van der Waals surface area contributed by atoms with Crippen LogP contribution in [0.4, 0.5) is 8.78 Å². The summed E-state index contributed by atoms with van der Waals surface area (Å²) in [5.74, 6) is -2.77. The second kappa shape index (κ2) is 5.72. The van der Waals surface area contributed by atoms with Gasteiger partial charge in [0.25, 0.3) is 11.8 Å². The van der Waals surface area contributed by atoms with Crippen LogP contribution < -0.4 is 0 Å². The minimum absolute atomic E-state index is 0.0550. The number of halogens is 2. The number of hydrogen-bond acceptors (Lipinski definition) is 2. The van der Waals surface area contributed by atoms with Crippen LogP contribution in [0.15, 0.2) is 30.3 Å². The monoisotopic (exact) mass is 294 g/mol. The van der Waals surface area contributed by atoms with E-state index in [0.29, 0.717) is 31.6 Å². The topological polar surface area (TPSA) is 23.6 Å². The molecule has 1 amide bonds. The average molecular weight is 294 g/mol. The molecule has 1 atom stereocenters. The molecule has 0 aromatic heterocycles. The van der Waals surface area contributed by atoms with Gasteiger partial charge in [0, 0.05) is 44.1 Å². The van der Waals surface area contributed by atoms with Crippen LogP contribution in [0.1, 0.15) is 23.2 Å². The molecule has 1 aliphatic carbocycles. The van der Waals surface area contributed by atoms with E-state index in [-0.39, 0.29) is 12.3 Å². The standard InChI is InChI=1S/C16H20F2N2O/c17-16(18)12-14(16)6-7-19-8-10-20(11-9-19)15(21)13-4-2-1-3-5-13/h1-5,14H,6-12H2/t14-/m1/s1. The van der Waals surface area contributed by atoms with Crippen LogP contribution in [-0.4, -0.2) is 54.4 Å². The summed E-state index contributed by atoms with van der Waals surface area (Å²) < 4.78 is 25.7. The predicted octanol–water partition coefficient (Wildman–Crippen LogP) is 2.49. The van der Waals surface area contributed by atoms with Gasteiger partial charge in [-0.2, -0.15) is 0 Å². The number of rotatable bonds is 4. The van der Waals surface area contributed by atoms with Gasteiger partial charge in [-0.25, -0.2) is 8.78 Å². The predicted molar refractivity (Wildman–Crippen MR) is 76.5 cm³/mol. The van der Waals surface area contributed by atoms with E-state index in [1.165, 1.54) is 0 Å². The lowest BCUT2D eigenvalue weighted by Crippen LogP contribution is -2.48. The first kappa shape index (κ1) is 14.4. The van der Waals surface area contributed by atoms with Crippen LogP contribution >= 0.6 is 0 Å². The molecule has 1 saturated heterocycles. The van der Waals surface area contributed by atoms with Crippen molar-refractivity contribution in [3.8, 4) is 0 Å². The molecule has 5 heteroatoms. The van der Waals surface area contributed by atoms with Gasteiger partial charge in [-0.05, 0) is 25.1 Å². The molecule has 1 aromatic carbocycles. The Morgan fingerprint density at radius 2 is 1.76 bits per heavy atom.